The molecule has 0 saturated heterocycles. The normalized spacial score (nSPS) is 10.9. The van der Waals surface area contributed by atoms with Crippen LogP contribution in [-0.2, 0) is 0 Å². The molecule has 2 aromatic rings. The number of hydrogen-bond acceptors (Lipinski definition) is 5. The SMILES string of the molecule is O=C(c1ccc(OCCCCCCCCS)cc1)c1ccc(OCCCCCCCCS)cc1. The second-order valence-corrected chi connectivity index (χ2v) is 9.66. The molecule has 0 aromatic heterocycles. The number of carbonyl (C=O) groups excluding carboxylic acids is 1. The van der Waals surface area contributed by atoms with E-state index >= 15 is 0 Å². The van der Waals surface area contributed by atoms with E-state index in [0.717, 1.165) is 49.1 Å². The van der Waals surface area contributed by atoms with Crippen LogP contribution in [0.25, 0.3) is 0 Å². The maximum Gasteiger partial charge on any atom is 0.193 e. The zero-order chi connectivity index (χ0) is 24.3. The van der Waals surface area contributed by atoms with Crippen LogP contribution >= 0.6 is 25.3 Å². The van der Waals surface area contributed by atoms with E-state index in [1.165, 1.54) is 64.2 Å². The molecule has 34 heavy (non-hydrogen) atoms. The van der Waals surface area contributed by atoms with Crippen LogP contribution in [0.3, 0.4) is 0 Å². The van der Waals surface area contributed by atoms with Gasteiger partial charge in [0, 0.05) is 11.1 Å². The molecular weight excluding hydrogens is 460 g/mol. The number of hydrogen-bond donors (Lipinski definition) is 2. The van der Waals surface area contributed by atoms with E-state index < -0.39 is 0 Å². The van der Waals surface area contributed by atoms with Crippen LogP contribution in [0.2, 0.25) is 0 Å². The van der Waals surface area contributed by atoms with Crippen molar-refractivity contribution >= 4 is 31.0 Å². The lowest BCUT2D eigenvalue weighted by Gasteiger charge is -2.08. The Morgan fingerprint density at radius 2 is 0.824 bits per heavy atom. The Bertz CT molecular complexity index is 709. The summed E-state index contributed by atoms with van der Waals surface area (Å²) < 4.78 is 11.7. The lowest BCUT2D eigenvalue weighted by molar-refractivity contribution is 0.103. The highest BCUT2D eigenvalue weighted by Gasteiger charge is 2.09. The molecule has 0 heterocycles. The Morgan fingerprint density at radius 1 is 0.500 bits per heavy atom. The molecule has 2 rings (SSSR count). The third-order valence-corrected chi connectivity index (χ3v) is 6.51. The molecule has 0 fully saturated rings. The summed E-state index contributed by atoms with van der Waals surface area (Å²) >= 11 is 8.49. The van der Waals surface area contributed by atoms with Gasteiger partial charge >= 0.3 is 0 Å². The van der Waals surface area contributed by atoms with Crippen LogP contribution < -0.4 is 9.47 Å². The van der Waals surface area contributed by atoms with Crippen LogP contribution in [-0.4, -0.2) is 30.5 Å². The second kappa shape index (κ2) is 18.7. The van der Waals surface area contributed by atoms with Crippen molar-refractivity contribution in [3.8, 4) is 11.5 Å². The van der Waals surface area contributed by atoms with E-state index in [-0.39, 0.29) is 5.78 Å². The van der Waals surface area contributed by atoms with Crippen LogP contribution in [0.4, 0.5) is 0 Å². The van der Waals surface area contributed by atoms with Gasteiger partial charge in [0.15, 0.2) is 5.78 Å². The Kier molecular flexibility index (Phi) is 15.8. The molecule has 5 heteroatoms. The van der Waals surface area contributed by atoms with E-state index in [4.69, 9.17) is 9.47 Å². The number of rotatable bonds is 20. The molecule has 2 aromatic carbocycles. The minimum atomic E-state index is 0.0144. The molecule has 188 valence electrons. The van der Waals surface area contributed by atoms with Crippen LogP contribution in [0, 0.1) is 0 Å². The molecule has 0 unspecified atom stereocenters. The van der Waals surface area contributed by atoms with Gasteiger partial charge in [-0.1, -0.05) is 51.4 Å². The molecule has 0 bridgehead atoms. The molecular formula is C29H42O3S2. The smallest absolute Gasteiger partial charge is 0.193 e. The number of unbranched alkanes of at least 4 members (excludes halogenated alkanes) is 10. The van der Waals surface area contributed by atoms with Gasteiger partial charge in [0.05, 0.1) is 13.2 Å². The van der Waals surface area contributed by atoms with Gasteiger partial charge in [0.25, 0.3) is 0 Å². The van der Waals surface area contributed by atoms with Crippen molar-refractivity contribution < 1.29 is 14.3 Å². The summed E-state index contributed by atoms with van der Waals surface area (Å²) in [6.45, 7) is 1.44. The summed E-state index contributed by atoms with van der Waals surface area (Å²) in [5.41, 5.74) is 1.34. The number of thiol groups is 2. The van der Waals surface area contributed by atoms with Gasteiger partial charge in [0.2, 0.25) is 0 Å². The first-order chi connectivity index (χ1) is 16.7. The van der Waals surface area contributed by atoms with E-state index in [1.54, 1.807) is 0 Å². The van der Waals surface area contributed by atoms with Crippen molar-refractivity contribution in [2.24, 2.45) is 0 Å². The summed E-state index contributed by atoms with van der Waals surface area (Å²) in [6.07, 6.45) is 14.5. The first kappa shape index (κ1) is 28.6. The van der Waals surface area contributed by atoms with Crippen LogP contribution in [0.15, 0.2) is 48.5 Å². The fourth-order valence-corrected chi connectivity index (χ4v) is 4.24. The number of carbonyl (C=O) groups is 1. The molecule has 0 spiro atoms. The lowest BCUT2D eigenvalue weighted by atomic mass is 10.0. The zero-order valence-corrected chi connectivity index (χ0v) is 22.3. The average molecular weight is 503 g/mol. The van der Waals surface area contributed by atoms with Gasteiger partial charge < -0.3 is 9.47 Å². The predicted molar refractivity (Wildman–Crippen MR) is 150 cm³/mol. The third-order valence-electron chi connectivity index (χ3n) is 5.88. The molecule has 0 aliphatic heterocycles. The fraction of sp³-hybridized carbons (Fsp3) is 0.552. The topological polar surface area (TPSA) is 35.5 Å². The molecule has 0 N–H and O–H groups in total. The lowest BCUT2D eigenvalue weighted by Crippen LogP contribution is -2.03. The first-order valence-electron chi connectivity index (χ1n) is 13.0. The van der Waals surface area contributed by atoms with Crippen LogP contribution in [0.5, 0.6) is 11.5 Å². The molecule has 0 saturated carbocycles. The van der Waals surface area contributed by atoms with Gasteiger partial charge in [-0.15, -0.1) is 0 Å². The Balaban J connectivity index is 1.65. The summed E-state index contributed by atoms with van der Waals surface area (Å²) in [4.78, 5) is 12.8. The first-order valence-corrected chi connectivity index (χ1v) is 14.2. The van der Waals surface area contributed by atoms with E-state index in [2.05, 4.69) is 25.3 Å². The summed E-state index contributed by atoms with van der Waals surface area (Å²) in [5.74, 6) is 3.62. The number of ketones is 1. The Hall–Kier alpha value is -1.59. The van der Waals surface area contributed by atoms with Crippen molar-refractivity contribution in [1.82, 2.24) is 0 Å². The van der Waals surface area contributed by atoms with E-state index in [0.29, 0.717) is 11.1 Å². The minimum Gasteiger partial charge on any atom is -0.494 e. The van der Waals surface area contributed by atoms with Gasteiger partial charge in [-0.2, -0.15) is 25.3 Å². The Morgan fingerprint density at radius 3 is 1.18 bits per heavy atom. The van der Waals surface area contributed by atoms with Gasteiger partial charge in [-0.25, -0.2) is 0 Å². The molecule has 0 aliphatic carbocycles. The quantitative estimate of drug-likeness (QED) is 0.109. The molecule has 0 aliphatic rings. The highest BCUT2D eigenvalue weighted by molar-refractivity contribution is 7.80. The van der Waals surface area contributed by atoms with Crippen molar-refractivity contribution in [2.75, 3.05) is 24.7 Å². The van der Waals surface area contributed by atoms with Crippen molar-refractivity contribution in [1.29, 1.82) is 0 Å². The third kappa shape index (κ3) is 12.2. The molecule has 3 nitrogen and oxygen atoms in total. The maximum atomic E-state index is 12.8. The molecule has 0 atom stereocenters. The largest absolute Gasteiger partial charge is 0.494 e. The van der Waals surface area contributed by atoms with Crippen molar-refractivity contribution in [3.63, 3.8) is 0 Å². The Labute approximate surface area is 217 Å². The monoisotopic (exact) mass is 502 g/mol. The van der Waals surface area contributed by atoms with E-state index in [9.17, 15) is 4.79 Å². The minimum absolute atomic E-state index is 0.0144. The average Bonchev–Trinajstić information content (AvgIpc) is 2.87. The maximum absolute atomic E-state index is 12.8. The second-order valence-electron chi connectivity index (χ2n) is 8.76. The highest BCUT2D eigenvalue weighted by atomic mass is 32.1. The highest BCUT2D eigenvalue weighted by Crippen LogP contribution is 2.19. The molecule has 0 amide bonds. The van der Waals surface area contributed by atoms with E-state index in [1.807, 2.05) is 48.5 Å². The zero-order valence-electron chi connectivity index (χ0n) is 20.6. The van der Waals surface area contributed by atoms with Gasteiger partial charge in [-0.05, 0) is 85.7 Å². The van der Waals surface area contributed by atoms with Crippen molar-refractivity contribution in [3.05, 3.63) is 59.7 Å². The van der Waals surface area contributed by atoms with Gasteiger partial charge in [0.1, 0.15) is 11.5 Å². The number of benzene rings is 2. The fourth-order valence-electron chi connectivity index (χ4n) is 3.79. The van der Waals surface area contributed by atoms with Crippen LogP contribution in [0.1, 0.15) is 93.0 Å². The van der Waals surface area contributed by atoms with Gasteiger partial charge in [-0.3, -0.25) is 4.79 Å². The summed E-state index contributed by atoms with van der Waals surface area (Å²) in [6, 6.07) is 14.9. The number of ether oxygens (including phenoxy) is 2. The standard InChI is InChI=1S/C29H42O3S2/c30-29(25-13-17-27(18-14-25)31-21-9-5-1-3-7-11-23-33)26-15-19-28(20-16-26)32-22-10-6-2-4-8-12-24-34/h13-20,33-34H,1-12,21-24H2. The predicted octanol–water partition coefficient (Wildman–Crippen LogP) is 8.22. The summed E-state index contributed by atoms with van der Waals surface area (Å²) in [7, 11) is 0. The van der Waals surface area contributed by atoms with Crippen molar-refractivity contribution in [2.45, 2.75) is 77.0 Å². The molecule has 0 radical (unpaired) electrons. The summed E-state index contributed by atoms with van der Waals surface area (Å²) in [5, 5.41) is 0.